The summed E-state index contributed by atoms with van der Waals surface area (Å²) in [5, 5.41) is 14.2. The van der Waals surface area contributed by atoms with Crippen molar-refractivity contribution in [3.8, 4) is 0 Å². The lowest BCUT2D eigenvalue weighted by Gasteiger charge is -2.03. The number of hydrogen-bond acceptors (Lipinski definition) is 3. The molecule has 0 aliphatic carbocycles. The van der Waals surface area contributed by atoms with E-state index in [0.717, 1.165) is 18.2 Å². The van der Waals surface area contributed by atoms with E-state index in [-0.39, 0.29) is 11.7 Å². The van der Waals surface area contributed by atoms with Crippen LogP contribution in [0.1, 0.15) is 23.3 Å². The molecule has 1 aromatic rings. The van der Waals surface area contributed by atoms with E-state index < -0.39 is 4.92 Å². The van der Waals surface area contributed by atoms with Crippen LogP contribution in [0.15, 0.2) is 12.1 Å². The highest BCUT2D eigenvalue weighted by atomic mass is 79.9. The fraction of sp³-hybridized carbons (Fsp3) is 0.500. The smallest absolute Gasteiger partial charge is 0.323 e. The van der Waals surface area contributed by atoms with Crippen LogP contribution in [0.3, 0.4) is 0 Å². The Morgan fingerprint density at radius 1 is 1.53 bits per heavy atom. The molecule has 0 aliphatic rings. The summed E-state index contributed by atoms with van der Waals surface area (Å²) in [6.07, 6.45) is 1.86. The maximum Gasteiger partial charge on any atom is 0.323 e. The first kappa shape index (κ1) is 13.7. The topological polar surface area (TPSA) is 77.2 Å². The molecule has 7 heteroatoms. The van der Waals surface area contributed by atoms with Crippen molar-refractivity contribution in [1.29, 1.82) is 0 Å². The zero-order valence-corrected chi connectivity index (χ0v) is 11.1. The predicted molar refractivity (Wildman–Crippen MR) is 67.4 cm³/mol. The molecule has 0 spiro atoms. The molecule has 1 amide bonds. The van der Waals surface area contributed by atoms with Crippen molar-refractivity contribution in [3.63, 3.8) is 0 Å². The Morgan fingerprint density at radius 3 is 2.76 bits per heavy atom. The first-order valence-corrected chi connectivity index (χ1v) is 6.34. The van der Waals surface area contributed by atoms with Crippen molar-refractivity contribution in [2.24, 2.45) is 7.05 Å². The number of aromatic nitrogens is 1. The van der Waals surface area contributed by atoms with E-state index in [1.807, 2.05) is 0 Å². The van der Waals surface area contributed by atoms with Gasteiger partial charge in [0.05, 0.1) is 7.05 Å². The van der Waals surface area contributed by atoms with E-state index in [0.29, 0.717) is 12.2 Å². The molecule has 0 bridgehead atoms. The van der Waals surface area contributed by atoms with Gasteiger partial charge in [-0.3, -0.25) is 4.79 Å². The van der Waals surface area contributed by atoms with Gasteiger partial charge in [0.15, 0.2) is 5.69 Å². The van der Waals surface area contributed by atoms with Crippen LogP contribution in [-0.2, 0) is 7.05 Å². The number of alkyl halides is 1. The van der Waals surface area contributed by atoms with Gasteiger partial charge in [-0.1, -0.05) is 15.9 Å². The normalized spacial score (nSPS) is 10.2. The fourth-order valence-electron chi connectivity index (χ4n) is 1.42. The molecule has 1 heterocycles. The first-order valence-electron chi connectivity index (χ1n) is 5.22. The van der Waals surface area contributed by atoms with Crippen molar-refractivity contribution < 1.29 is 9.72 Å². The molecular formula is C10H14BrN3O3. The molecule has 0 radical (unpaired) electrons. The van der Waals surface area contributed by atoms with Crippen LogP contribution in [-0.4, -0.2) is 27.3 Å². The third kappa shape index (κ3) is 3.55. The number of nitrogens with one attached hydrogen (secondary N) is 1. The van der Waals surface area contributed by atoms with Gasteiger partial charge in [0.25, 0.3) is 5.91 Å². The number of carbonyl (C=O) groups is 1. The van der Waals surface area contributed by atoms with E-state index in [9.17, 15) is 14.9 Å². The van der Waals surface area contributed by atoms with Crippen molar-refractivity contribution in [2.45, 2.75) is 12.8 Å². The summed E-state index contributed by atoms with van der Waals surface area (Å²) in [5.74, 6) is -0.370. The molecule has 1 N–H and O–H groups in total. The number of nitro groups is 1. The summed E-state index contributed by atoms with van der Waals surface area (Å²) < 4.78 is 1.28. The van der Waals surface area contributed by atoms with Crippen molar-refractivity contribution >= 4 is 27.7 Å². The van der Waals surface area contributed by atoms with Crippen LogP contribution in [0.5, 0.6) is 0 Å². The Morgan fingerprint density at radius 2 is 2.24 bits per heavy atom. The van der Waals surface area contributed by atoms with Crippen LogP contribution in [0.2, 0.25) is 0 Å². The number of rotatable bonds is 6. The average molecular weight is 304 g/mol. The SMILES string of the molecule is Cn1c(C(=O)NCCCCBr)ccc1[N+](=O)[O-]. The maximum absolute atomic E-state index is 11.7. The lowest BCUT2D eigenvalue weighted by atomic mass is 10.3. The molecule has 0 aromatic carbocycles. The number of carbonyl (C=O) groups excluding carboxylic acids is 1. The van der Waals surface area contributed by atoms with Crippen LogP contribution >= 0.6 is 15.9 Å². The maximum atomic E-state index is 11.7. The number of unbranched alkanes of at least 4 members (excludes halogenated alkanes) is 1. The number of halogens is 1. The molecule has 0 fully saturated rings. The average Bonchev–Trinajstić information content (AvgIpc) is 2.66. The summed E-state index contributed by atoms with van der Waals surface area (Å²) >= 11 is 3.30. The minimum absolute atomic E-state index is 0.0874. The van der Waals surface area contributed by atoms with E-state index in [4.69, 9.17) is 0 Å². The van der Waals surface area contributed by atoms with E-state index in [1.54, 1.807) is 0 Å². The van der Waals surface area contributed by atoms with Gasteiger partial charge in [-0.05, 0) is 23.8 Å². The number of nitrogens with zero attached hydrogens (tertiary/aromatic N) is 2. The minimum atomic E-state index is -0.512. The zero-order chi connectivity index (χ0) is 12.8. The Kier molecular flexibility index (Phi) is 5.14. The Balaban J connectivity index is 2.60. The van der Waals surface area contributed by atoms with Crippen LogP contribution in [0, 0.1) is 10.1 Å². The van der Waals surface area contributed by atoms with E-state index in [2.05, 4.69) is 21.2 Å². The van der Waals surface area contributed by atoms with Crippen molar-refractivity contribution in [3.05, 3.63) is 27.9 Å². The van der Waals surface area contributed by atoms with Gasteiger partial charge >= 0.3 is 5.82 Å². The standard InChI is InChI=1S/C10H14BrN3O3/c1-13-8(4-5-9(13)14(16)17)10(15)12-7-3-2-6-11/h4-5H,2-3,6-7H2,1H3,(H,12,15). The monoisotopic (exact) mass is 303 g/mol. The lowest BCUT2D eigenvalue weighted by molar-refractivity contribution is -0.391. The Labute approximate surface area is 107 Å². The van der Waals surface area contributed by atoms with Gasteiger partial charge in [0, 0.05) is 17.9 Å². The minimum Gasteiger partial charge on any atom is -0.358 e. The largest absolute Gasteiger partial charge is 0.358 e. The van der Waals surface area contributed by atoms with E-state index in [1.165, 1.54) is 23.7 Å². The van der Waals surface area contributed by atoms with Crippen molar-refractivity contribution in [2.75, 3.05) is 11.9 Å². The molecule has 0 unspecified atom stereocenters. The summed E-state index contributed by atoms with van der Waals surface area (Å²) in [5.41, 5.74) is 0.301. The van der Waals surface area contributed by atoms with Crippen LogP contribution in [0.25, 0.3) is 0 Å². The molecule has 1 rings (SSSR count). The van der Waals surface area contributed by atoms with Gasteiger partial charge in [0.2, 0.25) is 0 Å². The lowest BCUT2D eigenvalue weighted by Crippen LogP contribution is -2.26. The summed E-state index contributed by atoms with van der Waals surface area (Å²) in [6.45, 7) is 0.573. The van der Waals surface area contributed by atoms with E-state index >= 15 is 0 Å². The predicted octanol–water partition coefficient (Wildman–Crippen LogP) is 1.84. The second kappa shape index (κ2) is 6.39. The van der Waals surface area contributed by atoms with Crippen LogP contribution < -0.4 is 5.32 Å². The molecule has 0 aliphatic heterocycles. The van der Waals surface area contributed by atoms with Gasteiger partial charge in [-0.15, -0.1) is 0 Å². The second-order valence-electron chi connectivity index (χ2n) is 3.54. The molecular weight excluding hydrogens is 290 g/mol. The summed E-state index contributed by atoms with van der Waals surface area (Å²) in [4.78, 5) is 21.8. The highest BCUT2D eigenvalue weighted by Gasteiger charge is 2.19. The van der Waals surface area contributed by atoms with Gasteiger partial charge in [-0.25, -0.2) is 4.57 Å². The molecule has 0 saturated heterocycles. The summed E-state index contributed by atoms with van der Waals surface area (Å²) in [7, 11) is 1.51. The molecule has 17 heavy (non-hydrogen) atoms. The van der Waals surface area contributed by atoms with Crippen molar-refractivity contribution in [1.82, 2.24) is 9.88 Å². The molecule has 0 saturated carbocycles. The highest BCUT2D eigenvalue weighted by molar-refractivity contribution is 9.09. The Hall–Kier alpha value is -1.37. The van der Waals surface area contributed by atoms with Gasteiger partial charge < -0.3 is 15.4 Å². The molecule has 94 valence electrons. The van der Waals surface area contributed by atoms with Crippen LogP contribution in [0.4, 0.5) is 5.82 Å². The number of hydrogen-bond donors (Lipinski definition) is 1. The number of amides is 1. The van der Waals surface area contributed by atoms with Gasteiger partial charge in [-0.2, -0.15) is 0 Å². The fourth-order valence-corrected chi connectivity index (χ4v) is 1.82. The summed E-state index contributed by atoms with van der Waals surface area (Å²) in [6, 6.07) is 2.78. The third-order valence-corrected chi connectivity index (χ3v) is 2.92. The Bertz CT molecular complexity index is 417. The van der Waals surface area contributed by atoms with Gasteiger partial charge in [0.1, 0.15) is 0 Å². The second-order valence-corrected chi connectivity index (χ2v) is 4.34. The highest BCUT2D eigenvalue weighted by Crippen LogP contribution is 2.14. The molecule has 1 aromatic heterocycles. The molecule has 6 nitrogen and oxygen atoms in total. The quantitative estimate of drug-likeness (QED) is 0.377. The zero-order valence-electron chi connectivity index (χ0n) is 9.48. The first-order chi connectivity index (χ1) is 8.07. The third-order valence-electron chi connectivity index (χ3n) is 2.36. The molecule has 0 atom stereocenters.